The number of nitrogens with one attached hydrogen (secondary N) is 2. The van der Waals surface area contributed by atoms with Crippen molar-refractivity contribution < 1.29 is 19.1 Å². The number of Topliss-reactive ketones (excluding diaryl/α,β-unsaturated/α-hetero) is 1. The van der Waals surface area contributed by atoms with Crippen molar-refractivity contribution in [1.29, 1.82) is 0 Å². The molecule has 1 aromatic carbocycles. The number of carbonyl (C=O) groups excluding carboxylic acids is 3. The monoisotopic (exact) mass is 362 g/mol. The highest BCUT2D eigenvalue weighted by Crippen LogP contribution is 2.18. The zero-order valence-electron chi connectivity index (χ0n) is 15.6. The van der Waals surface area contributed by atoms with Gasteiger partial charge in [0, 0.05) is 29.7 Å². The Hall–Kier alpha value is -2.90. The number of carbonyl (C=O) groups is 3. The number of anilines is 1. The number of ether oxygens (including phenoxy) is 1. The van der Waals surface area contributed by atoms with Gasteiger partial charge < -0.3 is 15.8 Å². The van der Waals surface area contributed by atoms with Crippen molar-refractivity contribution in [2.45, 2.75) is 40.0 Å². The Morgan fingerprint density at radius 3 is 2.23 bits per heavy atom. The Labute approximate surface area is 153 Å². The van der Waals surface area contributed by atoms with Gasteiger partial charge in [-0.2, -0.15) is 5.10 Å². The summed E-state index contributed by atoms with van der Waals surface area (Å²) in [5.74, 6) is 0.416. The summed E-state index contributed by atoms with van der Waals surface area (Å²) in [5.41, 5.74) is 7.61. The van der Waals surface area contributed by atoms with Crippen LogP contribution in [0.5, 0.6) is 5.75 Å². The zero-order chi connectivity index (χ0) is 19.7. The van der Waals surface area contributed by atoms with Crippen molar-refractivity contribution in [3.63, 3.8) is 0 Å². The standard InChI is InChI=1S/C18H26N4O4/c1-18(2,3)15(23)11-13(21-22-17(19)25)7-10-16(24)20-12-5-8-14(26-4)9-6-12/h5-6,8-9H,7,10-11H2,1-4H3,(H,20,24)(H3,19,22,25)/b21-13-. The Balaban J connectivity index is 2.65. The Morgan fingerprint density at radius 2 is 1.73 bits per heavy atom. The molecule has 0 bridgehead atoms. The molecular weight excluding hydrogens is 336 g/mol. The third-order valence-corrected chi connectivity index (χ3v) is 3.54. The molecule has 0 saturated carbocycles. The molecule has 3 amide bonds. The van der Waals surface area contributed by atoms with Crippen molar-refractivity contribution in [2.24, 2.45) is 16.3 Å². The van der Waals surface area contributed by atoms with Gasteiger partial charge in [-0.1, -0.05) is 20.8 Å². The van der Waals surface area contributed by atoms with Crippen LogP contribution in [0.2, 0.25) is 0 Å². The van der Waals surface area contributed by atoms with E-state index in [4.69, 9.17) is 10.5 Å². The van der Waals surface area contributed by atoms with E-state index in [1.54, 1.807) is 52.1 Å². The van der Waals surface area contributed by atoms with Crippen LogP contribution in [-0.2, 0) is 9.59 Å². The van der Waals surface area contributed by atoms with Crippen LogP contribution in [0.25, 0.3) is 0 Å². The van der Waals surface area contributed by atoms with Gasteiger partial charge in [0.2, 0.25) is 5.91 Å². The Morgan fingerprint density at radius 1 is 1.12 bits per heavy atom. The Kier molecular flexibility index (Phi) is 7.77. The summed E-state index contributed by atoms with van der Waals surface area (Å²) in [5, 5.41) is 6.60. The van der Waals surface area contributed by atoms with Gasteiger partial charge in [0.1, 0.15) is 11.5 Å². The number of methoxy groups -OCH3 is 1. The lowest BCUT2D eigenvalue weighted by Gasteiger charge is -2.17. The van der Waals surface area contributed by atoms with Gasteiger partial charge >= 0.3 is 6.03 Å². The number of nitrogens with zero attached hydrogens (tertiary/aromatic N) is 1. The molecule has 0 heterocycles. The molecule has 0 fully saturated rings. The molecule has 8 nitrogen and oxygen atoms in total. The third kappa shape index (κ3) is 7.78. The number of hydrogen-bond acceptors (Lipinski definition) is 5. The number of primary amides is 1. The fourth-order valence-electron chi connectivity index (χ4n) is 1.92. The quantitative estimate of drug-likeness (QED) is 0.485. The molecule has 0 saturated heterocycles. The second-order valence-corrected chi connectivity index (χ2v) is 6.78. The minimum Gasteiger partial charge on any atom is -0.497 e. The summed E-state index contributed by atoms with van der Waals surface area (Å²) in [7, 11) is 1.56. The second-order valence-electron chi connectivity index (χ2n) is 6.78. The van der Waals surface area contributed by atoms with Gasteiger partial charge in [0.05, 0.1) is 7.11 Å². The average molecular weight is 362 g/mol. The minimum atomic E-state index is -0.826. The molecule has 0 aliphatic rings. The number of hydrogen-bond donors (Lipinski definition) is 3. The number of ketones is 1. The van der Waals surface area contributed by atoms with Crippen molar-refractivity contribution in [2.75, 3.05) is 12.4 Å². The topological polar surface area (TPSA) is 123 Å². The van der Waals surface area contributed by atoms with Crippen LogP contribution in [0, 0.1) is 5.41 Å². The van der Waals surface area contributed by atoms with E-state index < -0.39 is 11.4 Å². The van der Waals surface area contributed by atoms with E-state index in [0.29, 0.717) is 17.1 Å². The molecule has 0 aliphatic heterocycles. The highest BCUT2D eigenvalue weighted by atomic mass is 16.5. The van der Waals surface area contributed by atoms with Gasteiger partial charge in [-0.15, -0.1) is 0 Å². The number of benzene rings is 1. The molecule has 0 atom stereocenters. The molecule has 0 aromatic heterocycles. The van der Waals surface area contributed by atoms with Crippen LogP contribution < -0.4 is 21.2 Å². The predicted molar refractivity (Wildman–Crippen MR) is 100 cm³/mol. The van der Waals surface area contributed by atoms with Crippen LogP contribution in [0.4, 0.5) is 10.5 Å². The summed E-state index contributed by atoms with van der Waals surface area (Å²) < 4.78 is 5.06. The molecular formula is C18H26N4O4. The van der Waals surface area contributed by atoms with Gasteiger partial charge in [0.25, 0.3) is 0 Å². The normalized spacial score (nSPS) is 11.6. The maximum absolute atomic E-state index is 12.2. The second kappa shape index (κ2) is 9.55. The molecule has 1 rings (SSSR count). The Bertz CT molecular complexity index is 675. The van der Waals surface area contributed by atoms with Gasteiger partial charge in [-0.05, 0) is 30.7 Å². The van der Waals surface area contributed by atoms with Crippen molar-refractivity contribution in [1.82, 2.24) is 5.43 Å². The third-order valence-electron chi connectivity index (χ3n) is 3.54. The molecule has 4 N–H and O–H groups in total. The molecule has 142 valence electrons. The van der Waals surface area contributed by atoms with Crippen molar-refractivity contribution in [3.05, 3.63) is 24.3 Å². The summed E-state index contributed by atoms with van der Waals surface area (Å²) in [6.07, 6.45) is 0.381. The first-order valence-electron chi connectivity index (χ1n) is 8.20. The molecule has 0 spiro atoms. The number of amides is 3. The van der Waals surface area contributed by atoms with Crippen LogP contribution in [0.1, 0.15) is 40.0 Å². The van der Waals surface area contributed by atoms with E-state index in [2.05, 4.69) is 15.8 Å². The summed E-state index contributed by atoms with van der Waals surface area (Å²) in [6.45, 7) is 5.39. The smallest absolute Gasteiger partial charge is 0.332 e. The van der Waals surface area contributed by atoms with E-state index in [1.807, 2.05) is 0 Å². The minimum absolute atomic E-state index is 0.0413. The highest BCUT2D eigenvalue weighted by molar-refractivity contribution is 6.05. The first-order valence-corrected chi connectivity index (χ1v) is 8.20. The molecule has 26 heavy (non-hydrogen) atoms. The van der Waals surface area contributed by atoms with Gasteiger partial charge in [-0.25, -0.2) is 10.2 Å². The SMILES string of the molecule is COc1ccc(NC(=O)CC/C(CC(=O)C(C)(C)C)=N/NC(N)=O)cc1. The maximum atomic E-state index is 12.2. The fourth-order valence-corrected chi connectivity index (χ4v) is 1.92. The largest absolute Gasteiger partial charge is 0.497 e. The van der Waals surface area contributed by atoms with Crippen LogP contribution in [-0.4, -0.2) is 30.5 Å². The molecule has 8 heteroatoms. The maximum Gasteiger partial charge on any atom is 0.332 e. The molecule has 0 unspecified atom stereocenters. The summed E-state index contributed by atoms with van der Waals surface area (Å²) >= 11 is 0. The van der Waals surface area contributed by atoms with E-state index in [9.17, 15) is 14.4 Å². The van der Waals surface area contributed by atoms with E-state index in [-0.39, 0.29) is 31.0 Å². The van der Waals surface area contributed by atoms with E-state index >= 15 is 0 Å². The summed E-state index contributed by atoms with van der Waals surface area (Å²) in [4.78, 5) is 35.1. The average Bonchev–Trinajstić information content (AvgIpc) is 2.56. The zero-order valence-corrected chi connectivity index (χ0v) is 15.6. The van der Waals surface area contributed by atoms with Gasteiger partial charge in [0.15, 0.2) is 0 Å². The van der Waals surface area contributed by atoms with Crippen LogP contribution >= 0.6 is 0 Å². The lowest BCUT2D eigenvalue weighted by Crippen LogP contribution is -2.28. The number of urea groups is 1. The summed E-state index contributed by atoms with van der Waals surface area (Å²) in [6, 6.07) is 6.10. The van der Waals surface area contributed by atoms with Crippen molar-refractivity contribution in [3.8, 4) is 5.75 Å². The molecule has 1 aromatic rings. The fraction of sp³-hybridized carbons (Fsp3) is 0.444. The lowest BCUT2D eigenvalue weighted by atomic mass is 9.87. The van der Waals surface area contributed by atoms with Crippen LogP contribution in [0.15, 0.2) is 29.4 Å². The molecule has 0 radical (unpaired) electrons. The lowest BCUT2D eigenvalue weighted by molar-refractivity contribution is -0.125. The number of rotatable bonds is 8. The number of nitrogens with two attached hydrogens (primary N) is 1. The first kappa shape index (κ1) is 21.1. The number of hydrazone groups is 1. The van der Waals surface area contributed by atoms with Gasteiger partial charge in [-0.3, -0.25) is 9.59 Å². The van der Waals surface area contributed by atoms with Crippen LogP contribution in [0.3, 0.4) is 0 Å². The molecule has 0 aliphatic carbocycles. The van der Waals surface area contributed by atoms with E-state index in [1.165, 1.54) is 0 Å². The predicted octanol–water partition coefficient (Wildman–Crippen LogP) is 2.44. The van der Waals surface area contributed by atoms with E-state index in [0.717, 1.165) is 0 Å². The van der Waals surface area contributed by atoms with Crippen molar-refractivity contribution >= 4 is 29.1 Å². The highest BCUT2D eigenvalue weighted by Gasteiger charge is 2.23. The first-order chi connectivity index (χ1) is 12.1.